The molecule has 21 heavy (non-hydrogen) atoms. The summed E-state index contributed by atoms with van der Waals surface area (Å²) in [5.41, 5.74) is 11.2. The van der Waals surface area contributed by atoms with Crippen LogP contribution in [0.5, 0.6) is 0 Å². The van der Waals surface area contributed by atoms with Gasteiger partial charge in [-0.1, -0.05) is 6.07 Å². The molecular formula is C17H18N4. The van der Waals surface area contributed by atoms with Crippen LogP contribution in [-0.2, 0) is 6.54 Å². The topological polar surface area (TPSA) is 56.7 Å². The number of aryl methyl sites for hydroxylation is 1. The van der Waals surface area contributed by atoms with Gasteiger partial charge in [-0.25, -0.2) is 4.98 Å². The Kier molecular flexibility index (Phi) is 2.79. The Morgan fingerprint density at radius 1 is 1.29 bits per heavy atom. The second-order valence-electron chi connectivity index (χ2n) is 5.70. The van der Waals surface area contributed by atoms with Crippen LogP contribution in [0.15, 0.2) is 36.5 Å². The maximum atomic E-state index is 5.75. The van der Waals surface area contributed by atoms with Crippen LogP contribution in [0.4, 0.5) is 0 Å². The molecule has 106 valence electrons. The Bertz CT molecular complexity index is 815. The van der Waals surface area contributed by atoms with E-state index in [1.54, 1.807) is 0 Å². The number of pyridine rings is 1. The molecule has 0 spiro atoms. The fraction of sp³-hybridized carbons (Fsp3) is 0.294. The molecule has 0 amide bonds. The third-order valence-corrected chi connectivity index (χ3v) is 4.15. The lowest BCUT2D eigenvalue weighted by Crippen LogP contribution is -1.99. The van der Waals surface area contributed by atoms with E-state index in [2.05, 4.69) is 33.8 Å². The van der Waals surface area contributed by atoms with Gasteiger partial charge in [0.2, 0.25) is 0 Å². The first-order valence-electron chi connectivity index (χ1n) is 7.41. The molecule has 0 radical (unpaired) electrons. The Morgan fingerprint density at radius 3 is 2.86 bits per heavy atom. The fourth-order valence-corrected chi connectivity index (χ4v) is 2.88. The molecule has 1 aliphatic rings. The van der Waals surface area contributed by atoms with Crippen LogP contribution >= 0.6 is 0 Å². The van der Waals surface area contributed by atoms with Crippen LogP contribution < -0.4 is 5.73 Å². The van der Waals surface area contributed by atoms with Crippen LogP contribution in [0.1, 0.15) is 30.1 Å². The van der Waals surface area contributed by atoms with Crippen molar-refractivity contribution in [2.24, 2.45) is 5.73 Å². The predicted molar refractivity (Wildman–Crippen MR) is 83.9 cm³/mol. The first kappa shape index (κ1) is 12.5. The Morgan fingerprint density at radius 2 is 2.14 bits per heavy atom. The third kappa shape index (κ3) is 2.03. The molecule has 2 aromatic heterocycles. The van der Waals surface area contributed by atoms with Gasteiger partial charge in [-0.05, 0) is 49.6 Å². The van der Waals surface area contributed by atoms with Crippen LogP contribution in [0.2, 0.25) is 0 Å². The molecule has 4 heteroatoms. The molecular weight excluding hydrogens is 260 g/mol. The largest absolute Gasteiger partial charge is 0.326 e. The lowest BCUT2D eigenvalue weighted by Gasteiger charge is -2.09. The highest BCUT2D eigenvalue weighted by Gasteiger charge is 2.29. The number of rotatable bonds is 3. The van der Waals surface area contributed by atoms with E-state index in [-0.39, 0.29) is 0 Å². The number of hydrogen-bond donors (Lipinski definition) is 1. The highest BCUT2D eigenvalue weighted by Crippen LogP contribution is 2.41. The Balaban J connectivity index is 1.99. The van der Waals surface area contributed by atoms with Gasteiger partial charge < -0.3 is 10.3 Å². The summed E-state index contributed by atoms with van der Waals surface area (Å²) in [4.78, 5) is 9.29. The summed E-state index contributed by atoms with van der Waals surface area (Å²) in [7, 11) is 0. The minimum atomic E-state index is 0.549. The zero-order chi connectivity index (χ0) is 14.4. The lowest BCUT2D eigenvalue weighted by atomic mass is 10.2. The van der Waals surface area contributed by atoms with Gasteiger partial charge in [-0.15, -0.1) is 0 Å². The van der Waals surface area contributed by atoms with Crippen molar-refractivity contribution < 1.29 is 0 Å². The van der Waals surface area contributed by atoms with Crippen molar-refractivity contribution in [2.45, 2.75) is 32.4 Å². The summed E-state index contributed by atoms with van der Waals surface area (Å²) in [6.07, 6.45) is 4.29. The molecule has 1 aliphatic carbocycles. The second kappa shape index (κ2) is 4.67. The monoisotopic (exact) mass is 278 g/mol. The molecule has 0 aliphatic heterocycles. The van der Waals surface area contributed by atoms with Crippen molar-refractivity contribution in [3.63, 3.8) is 0 Å². The molecule has 0 unspecified atom stereocenters. The minimum absolute atomic E-state index is 0.549. The summed E-state index contributed by atoms with van der Waals surface area (Å²) < 4.78 is 2.37. The smallest absolute Gasteiger partial charge is 0.143 e. The van der Waals surface area contributed by atoms with Crippen LogP contribution in [0, 0.1) is 6.92 Å². The summed E-state index contributed by atoms with van der Waals surface area (Å²) in [5, 5.41) is 0. The Hall–Kier alpha value is -2.20. The zero-order valence-corrected chi connectivity index (χ0v) is 12.1. The molecule has 0 bridgehead atoms. The van der Waals surface area contributed by atoms with Gasteiger partial charge in [-0.3, -0.25) is 4.98 Å². The van der Waals surface area contributed by atoms with Crippen LogP contribution in [0.25, 0.3) is 22.4 Å². The molecule has 0 atom stereocenters. The number of benzene rings is 1. The van der Waals surface area contributed by atoms with E-state index in [0.29, 0.717) is 12.6 Å². The first-order chi connectivity index (χ1) is 10.3. The summed E-state index contributed by atoms with van der Waals surface area (Å²) >= 11 is 0. The third-order valence-electron chi connectivity index (χ3n) is 4.15. The average molecular weight is 278 g/mol. The van der Waals surface area contributed by atoms with Gasteiger partial charge in [-0.2, -0.15) is 0 Å². The number of nitrogens with two attached hydrogens (primary N) is 1. The van der Waals surface area contributed by atoms with Crippen LogP contribution in [0.3, 0.4) is 0 Å². The number of fused-ring (bicyclic) bond motifs is 1. The van der Waals surface area contributed by atoms with Crippen molar-refractivity contribution in [1.29, 1.82) is 0 Å². The van der Waals surface area contributed by atoms with E-state index in [4.69, 9.17) is 10.7 Å². The average Bonchev–Trinajstić information content (AvgIpc) is 3.27. The highest BCUT2D eigenvalue weighted by atomic mass is 15.1. The molecule has 1 fully saturated rings. The Labute approximate surface area is 123 Å². The van der Waals surface area contributed by atoms with E-state index >= 15 is 0 Å². The lowest BCUT2D eigenvalue weighted by molar-refractivity contribution is 0.774. The quantitative estimate of drug-likeness (QED) is 0.800. The first-order valence-corrected chi connectivity index (χ1v) is 7.41. The van der Waals surface area contributed by atoms with E-state index in [0.717, 1.165) is 28.2 Å². The normalized spacial score (nSPS) is 14.8. The molecule has 2 N–H and O–H groups in total. The van der Waals surface area contributed by atoms with Gasteiger partial charge >= 0.3 is 0 Å². The van der Waals surface area contributed by atoms with Crippen molar-refractivity contribution in [3.05, 3.63) is 47.8 Å². The molecule has 2 heterocycles. The molecule has 1 aromatic carbocycles. The molecule has 4 rings (SSSR count). The number of imidazole rings is 1. The SMILES string of the molecule is Cc1ncccc1-c1nc2cc(CN)ccc2n1C1CC1. The molecule has 0 saturated heterocycles. The van der Waals surface area contributed by atoms with Gasteiger partial charge in [0.05, 0.1) is 11.0 Å². The van der Waals surface area contributed by atoms with E-state index < -0.39 is 0 Å². The minimum Gasteiger partial charge on any atom is -0.326 e. The number of nitrogens with zero attached hydrogens (tertiary/aromatic N) is 3. The van der Waals surface area contributed by atoms with Crippen molar-refractivity contribution >= 4 is 11.0 Å². The van der Waals surface area contributed by atoms with Crippen LogP contribution in [-0.4, -0.2) is 14.5 Å². The van der Waals surface area contributed by atoms with Gasteiger partial charge in [0, 0.05) is 30.0 Å². The number of hydrogen-bond acceptors (Lipinski definition) is 3. The highest BCUT2D eigenvalue weighted by molar-refractivity contribution is 5.82. The maximum Gasteiger partial charge on any atom is 0.143 e. The molecule has 3 aromatic rings. The fourth-order valence-electron chi connectivity index (χ4n) is 2.88. The number of aromatic nitrogens is 3. The maximum absolute atomic E-state index is 5.75. The standard InChI is InChI=1S/C17H18N4/c1-11-14(3-2-8-19-11)17-20-15-9-12(10-18)4-7-16(15)21(17)13-5-6-13/h2-4,7-9,13H,5-6,10,18H2,1H3. The molecule has 1 saturated carbocycles. The van der Waals surface area contributed by atoms with Crippen molar-refractivity contribution in [2.75, 3.05) is 0 Å². The van der Waals surface area contributed by atoms with Crippen molar-refractivity contribution in [3.8, 4) is 11.4 Å². The van der Waals surface area contributed by atoms with E-state index in [9.17, 15) is 0 Å². The zero-order valence-electron chi connectivity index (χ0n) is 12.1. The predicted octanol–water partition coefficient (Wildman–Crippen LogP) is 3.20. The van der Waals surface area contributed by atoms with Crippen molar-refractivity contribution in [1.82, 2.24) is 14.5 Å². The van der Waals surface area contributed by atoms with Gasteiger partial charge in [0.25, 0.3) is 0 Å². The van der Waals surface area contributed by atoms with Gasteiger partial charge in [0.1, 0.15) is 5.82 Å². The second-order valence-corrected chi connectivity index (χ2v) is 5.70. The summed E-state index contributed by atoms with van der Waals surface area (Å²) in [6, 6.07) is 11.0. The summed E-state index contributed by atoms with van der Waals surface area (Å²) in [6.45, 7) is 2.59. The van der Waals surface area contributed by atoms with Gasteiger partial charge in [0.15, 0.2) is 0 Å². The van der Waals surface area contributed by atoms with E-state index in [1.807, 2.05) is 19.2 Å². The summed E-state index contributed by atoms with van der Waals surface area (Å²) in [5.74, 6) is 1.03. The molecule has 4 nitrogen and oxygen atoms in total. The van der Waals surface area contributed by atoms with E-state index in [1.165, 1.54) is 18.4 Å².